The average molecular weight is 323 g/mol. The molecule has 1 aliphatic rings. The standard InChI is InChI=1S/C17H13N3O4/c1-17(2)13-8-11(4-5-14(13)19-16(21)24-17)12-7-10(9-18)3-6-15(12)20(22)23/h3-8H,1-2H3,(H,19,21). The SMILES string of the molecule is CC1(C)OC(=O)Nc2ccc(-c3cc(C#N)ccc3[N+](=O)[O-])cc21. The second kappa shape index (κ2) is 5.35. The summed E-state index contributed by atoms with van der Waals surface area (Å²) < 4.78 is 5.28. The molecule has 3 rings (SSSR count). The van der Waals surface area contributed by atoms with Crippen molar-refractivity contribution in [2.75, 3.05) is 5.32 Å². The van der Waals surface area contributed by atoms with E-state index in [9.17, 15) is 14.9 Å². The number of nitrogens with one attached hydrogen (secondary N) is 1. The molecule has 24 heavy (non-hydrogen) atoms. The number of nitrogens with zero attached hydrogens (tertiary/aromatic N) is 2. The summed E-state index contributed by atoms with van der Waals surface area (Å²) in [5, 5.41) is 23.0. The maximum absolute atomic E-state index is 11.6. The molecule has 0 bridgehead atoms. The van der Waals surface area contributed by atoms with Crippen molar-refractivity contribution in [1.82, 2.24) is 0 Å². The third-order valence-electron chi connectivity index (χ3n) is 3.89. The quantitative estimate of drug-likeness (QED) is 0.666. The molecule has 0 saturated carbocycles. The van der Waals surface area contributed by atoms with Crippen molar-refractivity contribution in [3.05, 3.63) is 57.6 Å². The van der Waals surface area contributed by atoms with E-state index in [1.165, 1.54) is 18.2 Å². The number of nitro benzene ring substituents is 1. The van der Waals surface area contributed by atoms with E-state index in [2.05, 4.69) is 5.32 Å². The minimum atomic E-state index is -0.866. The number of benzene rings is 2. The lowest BCUT2D eigenvalue weighted by Gasteiger charge is -2.32. The number of nitriles is 1. The zero-order valence-electron chi connectivity index (χ0n) is 13.0. The highest BCUT2D eigenvalue weighted by Gasteiger charge is 2.34. The summed E-state index contributed by atoms with van der Waals surface area (Å²) in [4.78, 5) is 22.4. The van der Waals surface area contributed by atoms with E-state index < -0.39 is 16.6 Å². The Morgan fingerprint density at radius 2 is 2.00 bits per heavy atom. The Kier molecular flexibility index (Phi) is 3.45. The first-order valence-corrected chi connectivity index (χ1v) is 7.15. The van der Waals surface area contributed by atoms with Gasteiger partial charge in [0.2, 0.25) is 0 Å². The van der Waals surface area contributed by atoms with Gasteiger partial charge in [-0.3, -0.25) is 15.4 Å². The number of carbonyl (C=O) groups excluding carboxylic acids is 1. The molecule has 7 heteroatoms. The van der Waals surface area contributed by atoms with Gasteiger partial charge in [-0.05, 0) is 43.7 Å². The molecular formula is C17H13N3O4. The number of nitro groups is 1. The Morgan fingerprint density at radius 1 is 1.25 bits per heavy atom. The number of fused-ring (bicyclic) bond motifs is 1. The largest absolute Gasteiger partial charge is 0.438 e. The Bertz CT molecular complexity index is 913. The number of ether oxygens (including phenoxy) is 1. The number of hydrogen-bond donors (Lipinski definition) is 1. The molecule has 1 N–H and O–H groups in total. The lowest BCUT2D eigenvalue weighted by atomic mass is 9.90. The van der Waals surface area contributed by atoms with Crippen LogP contribution in [-0.4, -0.2) is 11.0 Å². The van der Waals surface area contributed by atoms with Crippen LogP contribution in [0.1, 0.15) is 25.0 Å². The molecule has 0 atom stereocenters. The summed E-state index contributed by atoms with van der Waals surface area (Å²) >= 11 is 0. The Hall–Kier alpha value is -3.40. The molecule has 0 fully saturated rings. The second-order valence-corrected chi connectivity index (χ2v) is 5.89. The number of carbonyl (C=O) groups is 1. The number of hydrogen-bond acceptors (Lipinski definition) is 5. The summed E-state index contributed by atoms with van der Waals surface area (Å²) in [7, 11) is 0. The molecule has 1 aliphatic heterocycles. The van der Waals surface area contributed by atoms with Gasteiger partial charge in [-0.15, -0.1) is 0 Å². The zero-order valence-corrected chi connectivity index (χ0v) is 13.0. The third kappa shape index (κ3) is 2.54. The van der Waals surface area contributed by atoms with Crippen molar-refractivity contribution in [3.63, 3.8) is 0 Å². The maximum atomic E-state index is 11.6. The van der Waals surface area contributed by atoms with E-state index in [-0.39, 0.29) is 5.69 Å². The molecule has 1 heterocycles. The highest BCUT2D eigenvalue weighted by atomic mass is 16.6. The van der Waals surface area contributed by atoms with Crippen molar-refractivity contribution in [3.8, 4) is 17.2 Å². The minimum absolute atomic E-state index is 0.0903. The van der Waals surface area contributed by atoms with E-state index in [0.29, 0.717) is 27.9 Å². The van der Waals surface area contributed by atoms with E-state index in [0.717, 1.165) is 0 Å². The fraction of sp³-hybridized carbons (Fsp3) is 0.176. The van der Waals surface area contributed by atoms with Gasteiger partial charge >= 0.3 is 6.09 Å². The highest BCUT2D eigenvalue weighted by molar-refractivity contribution is 5.90. The minimum Gasteiger partial charge on any atom is -0.438 e. The fourth-order valence-electron chi connectivity index (χ4n) is 2.74. The van der Waals surface area contributed by atoms with E-state index in [4.69, 9.17) is 10.00 Å². The average Bonchev–Trinajstić information content (AvgIpc) is 2.53. The molecule has 0 spiro atoms. The normalized spacial score (nSPS) is 14.8. The maximum Gasteiger partial charge on any atom is 0.412 e. The first kappa shape index (κ1) is 15.5. The van der Waals surface area contributed by atoms with Crippen LogP contribution in [0.5, 0.6) is 0 Å². The van der Waals surface area contributed by atoms with Crippen LogP contribution in [0.2, 0.25) is 0 Å². The molecule has 0 unspecified atom stereocenters. The molecule has 7 nitrogen and oxygen atoms in total. The zero-order chi connectivity index (χ0) is 17.5. The van der Waals surface area contributed by atoms with Crippen molar-refractivity contribution in [2.24, 2.45) is 0 Å². The van der Waals surface area contributed by atoms with Gasteiger partial charge in [0.1, 0.15) is 5.60 Å². The van der Waals surface area contributed by atoms with Crippen LogP contribution in [0.4, 0.5) is 16.2 Å². The summed E-state index contributed by atoms with van der Waals surface area (Å²) in [6.07, 6.45) is -0.544. The highest BCUT2D eigenvalue weighted by Crippen LogP contribution is 2.40. The van der Waals surface area contributed by atoms with Gasteiger partial charge in [0.25, 0.3) is 5.69 Å². The van der Waals surface area contributed by atoms with Gasteiger partial charge in [0, 0.05) is 11.6 Å². The summed E-state index contributed by atoms with van der Waals surface area (Å²) in [5.41, 5.74) is 1.59. The second-order valence-electron chi connectivity index (χ2n) is 5.89. The van der Waals surface area contributed by atoms with Crippen LogP contribution in [0.15, 0.2) is 36.4 Å². The predicted molar refractivity (Wildman–Crippen MR) is 86.4 cm³/mol. The fourth-order valence-corrected chi connectivity index (χ4v) is 2.74. The molecule has 2 aromatic carbocycles. The molecule has 0 saturated heterocycles. The van der Waals surface area contributed by atoms with Crippen molar-refractivity contribution < 1.29 is 14.5 Å². The lowest BCUT2D eigenvalue weighted by molar-refractivity contribution is -0.384. The van der Waals surface area contributed by atoms with Crippen molar-refractivity contribution >= 4 is 17.5 Å². The molecule has 0 aliphatic carbocycles. The van der Waals surface area contributed by atoms with Gasteiger partial charge in [0.15, 0.2) is 0 Å². The molecule has 120 valence electrons. The number of amides is 1. The van der Waals surface area contributed by atoms with Gasteiger partial charge in [-0.1, -0.05) is 6.07 Å². The van der Waals surface area contributed by atoms with Crippen molar-refractivity contribution in [2.45, 2.75) is 19.4 Å². The number of rotatable bonds is 2. The van der Waals surface area contributed by atoms with E-state index in [1.807, 2.05) is 6.07 Å². The predicted octanol–water partition coefficient (Wildman–Crippen LogP) is 3.93. The van der Waals surface area contributed by atoms with Crippen LogP contribution >= 0.6 is 0 Å². The van der Waals surface area contributed by atoms with Crippen LogP contribution in [-0.2, 0) is 10.3 Å². The van der Waals surface area contributed by atoms with Gasteiger partial charge < -0.3 is 4.74 Å². The van der Waals surface area contributed by atoms with Crippen molar-refractivity contribution in [1.29, 1.82) is 5.26 Å². The molecule has 1 amide bonds. The Balaban J connectivity index is 2.21. The summed E-state index contributed by atoms with van der Waals surface area (Å²) in [6.45, 7) is 3.49. The van der Waals surface area contributed by atoms with Crippen LogP contribution in [0, 0.1) is 21.4 Å². The number of cyclic esters (lactones) is 1. The summed E-state index contributed by atoms with van der Waals surface area (Å²) in [5.74, 6) is 0. The molecule has 0 aromatic heterocycles. The first-order valence-electron chi connectivity index (χ1n) is 7.15. The lowest BCUT2D eigenvalue weighted by Crippen LogP contribution is -2.34. The van der Waals surface area contributed by atoms with Crippen LogP contribution < -0.4 is 5.32 Å². The topological polar surface area (TPSA) is 105 Å². The Labute approximate surface area is 137 Å². The molecule has 2 aromatic rings. The van der Waals surface area contributed by atoms with Crippen LogP contribution in [0.25, 0.3) is 11.1 Å². The van der Waals surface area contributed by atoms with Gasteiger partial charge in [-0.25, -0.2) is 4.79 Å². The monoisotopic (exact) mass is 323 g/mol. The Morgan fingerprint density at radius 3 is 2.67 bits per heavy atom. The molecular weight excluding hydrogens is 310 g/mol. The van der Waals surface area contributed by atoms with Crippen LogP contribution in [0.3, 0.4) is 0 Å². The first-order chi connectivity index (χ1) is 11.3. The molecule has 0 radical (unpaired) electrons. The summed E-state index contributed by atoms with van der Waals surface area (Å²) in [6, 6.07) is 11.3. The van der Waals surface area contributed by atoms with Gasteiger partial charge in [0.05, 0.1) is 27.8 Å². The van der Waals surface area contributed by atoms with E-state index >= 15 is 0 Å². The van der Waals surface area contributed by atoms with Gasteiger partial charge in [-0.2, -0.15) is 5.26 Å². The third-order valence-corrected chi connectivity index (χ3v) is 3.89. The smallest absolute Gasteiger partial charge is 0.412 e. The van der Waals surface area contributed by atoms with E-state index in [1.54, 1.807) is 32.0 Å². The number of anilines is 1.